The maximum atomic E-state index is 13.9. The average molecular weight is 467 g/mol. The van der Waals surface area contributed by atoms with Crippen molar-refractivity contribution in [3.05, 3.63) is 70.5 Å². The second-order valence-electron chi connectivity index (χ2n) is 6.86. The highest BCUT2D eigenvalue weighted by Gasteiger charge is 2.40. The Balaban J connectivity index is 2.03. The molecular weight excluding hydrogens is 449 g/mol. The molecule has 0 fully saturated rings. The molecule has 3 aromatic rings. The summed E-state index contributed by atoms with van der Waals surface area (Å²) in [5, 5.41) is 6.49. The Hall–Kier alpha value is -3.53. The van der Waals surface area contributed by atoms with E-state index < -0.39 is 23.3 Å². The van der Waals surface area contributed by atoms with E-state index >= 15 is 0 Å². The molecule has 0 atom stereocenters. The Morgan fingerprint density at radius 3 is 2.34 bits per heavy atom. The van der Waals surface area contributed by atoms with Crippen LogP contribution >= 0.6 is 11.6 Å². The molecule has 2 aromatic carbocycles. The van der Waals surface area contributed by atoms with Crippen LogP contribution in [0.1, 0.15) is 26.4 Å². The number of halogens is 4. The molecule has 0 aliphatic heterocycles. The van der Waals surface area contributed by atoms with E-state index in [4.69, 9.17) is 16.3 Å². The van der Waals surface area contributed by atoms with Gasteiger partial charge in [0.1, 0.15) is 5.75 Å². The van der Waals surface area contributed by atoms with E-state index in [2.05, 4.69) is 10.4 Å². The lowest BCUT2D eigenvalue weighted by Gasteiger charge is -2.15. The monoisotopic (exact) mass is 466 g/mol. The fourth-order valence-corrected chi connectivity index (χ4v) is 3.08. The number of benzene rings is 2. The number of nitrogens with one attached hydrogen (secondary N) is 1. The number of ether oxygens (including phenoxy) is 1. The number of amides is 2. The van der Waals surface area contributed by atoms with Gasteiger partial charge in [0.15, 0.2) is 5.69 Å². The number of methoxy groups -OCH3 is 1. The molecule has 0 bridgehead atoms. The van der Waals surface area contributed by atoms with Crippen LogP contribution in [0.15, 0.2) is 48.7 Å². The molecule has 7 nitrogen and oxygen atoms in total. The number of hydrogen-bond acceptors (Lipinski definition) is 4. The maximum Gasteiger partial charge on any atom is 0.434 e. The lowest BCUT2D eigenvalue weighted by atomic mass is 10.1. The first kappa shape index (κ1) is 23.1. The number of alkyl halides is 3. The quantitative estimate of drug-likeness (QED) is 0.600. The molecule has 168 valence electrons. The van der Waals surface area contributed by atoms with Gasteiger partial charge in [-0.25, -0.2) is 4.68 Å². The highest BCUT2D eigenvalue weighted by molar-refractivity contribution is 6.30. The molecule has 0 aliphatic rings. The smallest absolute Gasteiger partial charge is 0.434 e. The van der Waals surface area contributed by atoms with E-state index in [0.29, 0.717) is 9.70 Å². The zero-order chi connectivity index (χ0) is 23.6. The minimum atomic E-state index is -4.88. The first-order chi connectivity index (χ1) is 15.0. The Labute approximate surface area is 186 Å². The molecule has 2 amide bonds. The van der Waals surface area contributed by atoms with Crippen LogP contribution < -0.4 is 10.1 Å². The van der Waals surface area contributed by atoms with Gasteiger partial charge in [0.25, 0.3) is 11.8 Å². The summed E-state index contributed by atoms with van der Waals surface area (Å²) in [7, 11) is 4.43. The fourth-order valence-electron chi connectivity index (χ4n) is 2.95. The summed E-state index contributed by atoms with van der Waals surface area (Å²) >= 11 is 5.80. The molecular formula is C21H18ClF3N4O3. The third-order valence-electron chi connectivity index (χ3n) is 4.45. The summed E-state index contributed by atoms with van der Waals surface area (Å²) in [4.78, 5) is 26.4. The molecule has 32 heavy (non-hydrogen) atoms. The van der Waals surface area contributed by atoms with E-state index in [0.717, 1.165) is 6.20 Å². The number of anilines is 1. The third kappa shape index (κ3) is 4.70. The van der Waals surface area contributed by atoms with Crippen LogP contribution in [0, 0.1) is 0 Å². The van der Waals surface area contributed by atoms with Crippen LogP contribution in [0.5, 0.6) is 5.75 Å². The summed E-state index contributed by atoms with van der Waals surface area (Å²) in [6.45, 7) is 0. The minimum absolute atomic E-state index is 0.0394. The van der Waals surface area contributed by atoms with Crippen LogP contribution in [-0.2, 0) is 6.18 Å². The molecule has 0 spiro atoms. The van der Waals surface area contributed by atoms with Gasteiger partial charge in [0, 0.05) is 24.7 Å². The van der Waals surface area contributed by atoms with Gasteiger partial charge >= 0.3 is 6.18 Å². The van der Waals surface area contributed by atoms with Crippen LogP contribution in [-0.4, -0.2) is 47.7 Å². The van der Waals surface area contributed by atoms with Crippen LogP contribution in [0.25, 0.3) is 5.69 Å². The maximum absolute atomic E-state index is 13.9. The predicted octanol–water partition coefficient (Wildman–Crippen LogP) is 4.51. The van der Waals surface area contributed by atoms with Crippen molar-refractivity contribution in [3.63, 3.8) is 0 Å². The lowest BCUT2D eigenvalue weighted by molar-refractivity contribution is -0.143. The van der Waals surface area contributed by atoms with Gasteiger partial charge in [-0.05, 0) is 42.5 Å². The molecule has 0 unspecified atom stereocenters. The van der Waals surface area contributed by atoms with E-state index in [1.54, 1.807) is 14.1 Å². The van der Waals surface area contributed by atoms with Crippen LogP contribution in [0.4, 0.5) is 18.9 Å². The number of nitrogens with zero attached hydrogens (tertiary/aromatic N) is 3. The molecule has 1 heterocycles. The van der Waals surface area contributed by atoms with Gasteiger partial charge < -0.3 is 15.0 Å². The number of aromatic nitrogens is 2. The molecule has 0 saturated heterocycles. The van der Waals surface area contributed by atoms with Gasteiger partial charge in [-0.3, -0.25) is 9.59 Å². The first-order valence-electron chi connectivity index (χ1n) is 9.15. The van der Waals surface area contributed by atoms with E-state index in [1.807, 2.05) is 0 Å². The standard InChI is InChI=1S/C21H18ClF3N4O3/c1-28(2)20(31)12-4-9-17(32-3)16(10-12)27-19(30)15-11-26-29(18(15)21(23,24)25)14-7-5-13(22)6-8-14/h4-11H,1-3H3,(H,27,30). The minimum Gasteiger partial charge on any atom is -0.495 e. The summed E-state index contributed by atoms with van der Waals surface area (Å²) in [5.74, 6) is -1.24. The van der Waals surface area contributed by atoms with E-state index in [9.17, 15) is 22.8 Å². The number of hydrogen-bond donors (Lipinski definition) is 1. The number of rotatable bonds is 5. The van der Waals surface area contributed by atoms with E-state index in [-0.39, 0.29) is 28.6 Å². The highest BCUT2D eigenvalue weighted by atomic mass is 35.5. The first-order valence-corrected chi connectivity index (χ1v) is 9.53. The molecule has 0 aliphatic carbocycles. The Kier molecular flexibility index (Phi) is 6.45. The zero-order valence-electron chi connectivity index (χ0n) is 17.2. The Morgan fingerprint density at radius 1 is 1.12 bits per heavy atom. The molecule has 1 aromatic heterocycles. The normalized spacial score (nSPS) is 11.2. The highest BCUT2D eigenvalue weighted by Crippen LogP contribution is 2.35. The largest absolute Gasteiger partial charge is 0.495 e. The lowest BCUT2D eigenvalue weighted by Crippen LogP contribution is -2.23. The van der Waals surface area contributed by atoms with Crippen molar-refractivity contribution in [2.75, 3.05) is 26.5 Å². The Bertz CT molecular complexity index is 1160. The van der Waals surface area contributed by atoms with E-state index in [1.165, 1.54) is 54.5 Å². The topological polar surface area (TPSA) is 76.5 Å². The van der Waals surface area contributed by atoms with Crippen molar-refractivity contribution in [2.45, 2.75) is 6.18 Å². The third-order valence-corrected chi connectivity index (χ3v) is 4.71. The summed E-state index contributed by atoms with van der Waals surface area (Å²) < 4.78 is 47.4. The van der Waals surface area contributed by atoms with Gasteiger partial charge in [0.2, 0.25) is 0 Å². The zero-order valence-corrected chi connectivity index (χ0v) is 18.0. The van der Waals surface area contributed by atoms with Crippen molar-refractivity contribution in [1.29, 1.82) is 0 Å². The average Bonchev–Trinajstić information content (AvgIpc) is 3.19. The predicted molar refractivity (Wildman–Crippen MR) is 113 cm³/mol. The fraction of sp³-hybridized carbons (Fsp3) is 0.190. The second kappa shape index (κ2) is 8.91. The second-order valence-corrected chi connectivity index (χ2v) is 7.30. The summed E-state index contributed by atoms with van der Waals surface area (Å²) in [6, 6.07) is 9.78. The molecule has 1 N–H and O–H groups in total. The molecule has 3 rings (SSSR count). The molecule has 0 saturated carbocycles. The van der Waals surface area contributed by atoms with Gasteiger partial charge in [0.05, 0.1) is 30.2 Å². The van der Waals surface area contributed by atoms with Crippen LogP contribution in [0.2, 0.25) is 5.02 Å². The van der Waals surface area contributed by atoms with Crippen molar-refractivity contribution in [3.8, 4) is 11.4 Å². The summed E-state index contributed by atoms with van der Waals surface area (Å²) in [5.41, 5.74) is -1.61. The van der Waals surface area contributed by atoms with Crippen molar-refractivity contribution >= 4 is 29.1 Å². The van der Waals surface area contributed by atoms with Crippen molar-refractivity contribution < 1.29 is 27.5 Å². The molecule has 11 heteroatoms. The SMILES string of the molecule is COc1ccc(C(=O)N(C)C)cc1NC(=O)c1cnn(-c2ccc(Cl)cc2)c1C(F)(F)F. The van der Waals surface area contributed by atoms with Crippen molar-refractivity contribution in [2.24, 2.45) is 0 Å². The Morgan fingerprint density at radius 2 is 1.78 bits per heavy atom. The number of carbonyl (C=O) groups is 2. The van der Waals surface area contributed by atoms with Gasteiger partial charge in [-0.2, -0.15) is 18.3 Å². The molecule has 0 radical (unpaired) electrons. The van der Waals surface area contributed by atoms with Crippen LogP contribution in [0.3, 0.4) is 0 Å². The number of carbonyl (C=O) groups excluding carboxylic acids is 2. The van der Waals surface area contributed by atoms with Crippen molar-refractivity contribution in [1.82, 2.24) is 14.7 Å². The van der Waals surface area contributed by atoms with Gasteiger partial charge in [-0.15, -0.1) is 0 Å². The summed E-state index contributed by atoms with van der Waals surface area (Å²) in [6.07, 6.45) is -4.05. The van der Waals surface area contributed by atoms with Gasteiger partial charge in [-0.1, -0.05) is 11.6 Å².